The Bertz CT molecular complexity index is 570. The number of ether oxygens (including phenoxy) is 1. The number of fused-ring (bicyclic) bond motifs is 1. The molecule has 0 radical (unpaired) electrons. The Balaban J connectivity index is 1.98. The number of H-pyrrole nitrogens is 1. The quantitative estimate of drug-likeness (QED) is 0.543. The maximum absolute atomic E-state index is 10.0. The van der Waals surface area contributed by atoms with Crippen LogP contribution in [-0.4, -0.2) is 59.7 Å². The molecule has 0 amide bonds. The van der Waals surface area contributed by atoms with E-state index in [1.54, 1.807) is 6.20 Å². The van der Waals surface area contributed by atoms with Crippen LogP contribution in [0.4, 0.5) is 0 Å². The summed E-state index contributed by atoms with van der Waals surface area (Å²) in [5, 5.41) is 29.2. The van der Waals surface area contributed by atoms with Crippen LogP contribution in [0.5, 0.6) is 0 Å². The molecule has 1 aliphatic heterocycles. The number of aliphatic hydroxyl groups excluding tert-OH is 3. The fourth-order valence-corrected chi connectivity index (χ4v) is 2.22. The van der Waals surface area contributed by atoms with Gasteiger partial charge in [-0.2, -0.15) is 0 Å². The van der Waals surface area contributed by atoms with Crippen LogP contribution in [-0.2, 0) is 4.74 Å². The van der Waals surface area contributed by atoms with Crippen LogP contribution in [0.1, 0.15) is 18.9 Å². The lowest BCUT2D eigenvalue weighted by molar-refractivity contribution is -0.101. The van der Waals surface area contributed by atoms with Gasteiger partial charge in [-0.1, -0.05) is 0 Å². The van der Waals surface area contributed by atoms with Crippen molar-refractivity contribution >= 4 is 11.2 Å². The average molecular weight is 266 g/mol. The van der Waals surface area contributed by atoms with Crippen molar-refractivity contribution in [2.24, 2.45) is 0 Å². The molecule has 0 saturated carbocycles. The maximum Gasteiger partial charge on any atom is 0.180 e. The molecule has 2 aromatic heterocycles. The van der Waals surface area contributed by atoms with E-state index >= 15 is 0 Å². The Kier molecular flexibility index (Phi) is 2.75. The Morgan fingerprint density at radius 2 is 2.26 bits per heavy atom. The summed E-state index contributed by atoms with van der Waals surface area (Å²) in [5.41, 5.74) is -0.150. The van der Waals surface area contributed by atoms with E-state index < -0.39 is 30.5 Å². The fraction of sp³-hybridized carbons (Fsp3) is 0.545. The first kappa shape index (κ1) is 12.4. The number of hydrogen-bond acceptors (Lipinski definition) is 7. The molecule has 0 unspecified atom stereocenters. The highest BCUT2D eigenvalue weighted by Gasteiger charge is 2.52. The Morgan fingerprint density at radius 1 is 1.47 bits per heavy atom. The monoisotopic (exact) mass is 266 g/mol. The lowest BCUT2D eigenvalue weighted by atomic mass is 9.97. The summed E-state index contributed by atoms with van der Waals surface area (Å²) in [6.45, 7) is 1.13. The minimum Gasteiger partial charge on any atom is -0.393 e. The van der Waals surface area contributed by atoms with Crippen molar-refractivity contribution in [1.82, 2.24) is 19.9 Å². The highest BCUT2D eigenvalue weighted by Crippen LogP contribution is 2.38. The van der Waals surface area contributed by atoms with Gasteiger partial charge in [0.15, 0.2) is 5.65 Å². The van der Waals surface area contributed by atoms with Gasteiger partial charge < -0.3 is 25.0 Å². The van der Waals surface area contributed by atoms with Crippen molar-refractivity contribution in [3.8, 4) is 0 Å². The fourth-order valence-electron chi connectivity index (χ4n) is 2.22. The van der Waals surface area contributed by atoms with E-state index in [0.29, 0.717) is 17.0 Å². The van der Waals surface area contributed by atoms with Crippen LogP contribution in [0.2, 0.25) is 0 Å². The molecule has 3 heterocycles. The highest BCUT2D eigenvalue weighted by molar-refractivity contribution is 5.68. The highest BCUT2D eigenvalue weighted by atomic mass is 16.6. The second-order valence-corrected chi connectivity index (χ2v) is 4.83. The molecular formula is C11H14N4O4. The third-order valence-corrected chi connectivity index (χ3v) is 3.42. The van der Waals surface area contributed by atoms with Gasteiger partial charge >= 0.3 is 0 Å². The summed E-state index contributed by atoms with van der Waals surface area (Å²) in [4.78, 5) is 15.0. The molecule has 1 fully saturated rings. The van der Waals surface area contributed by atoms with Crippen molar-refractivity contribution < 1.29 is 20.1 Å². The number of aromatic nitrogens is 4. The predicted octanol–water partition coefficient (Wildman–Crippen LogP) is -1.10. The molecule has 0 spiro atoms. The molecule has 3 rings (SSSR count). The van der Waals surface area contributed by atoms with Crippen molar-refractivity contribution in [1.29, 1.82) is 0 Å². The largest absolute Gasteiger partial charge is 0.393 e. The van der Waals surface area contributed by atoms with E-state index in [9.17, 15) is 15.3 Å². The number of aromatic amines is 1. The van der Waals surface area contributed by atoms with E-state index in [4.69, 9.17) is 4.74 Å². The molecule has 8 heteroatoms. The van der Waals surface area contributed by atoms with Crippen molar-refractivity contribution in [2.75, 3.05) is 6.61 Å². The summed E-state index contributed by atoms with van der Waals surface area (Å²) in [5.74, 6) is 0.347. The Morgan fingerprint density at radius 3 is 2.89 bits per heavy atom. The molecule has 4 atom stereocenters. The Labute approximate surface area is 108 Å². The molecule has 1 saturated heterocycles. The molecule has 102 valence electrons. The number of nitrogens with zero attached hydrogens (tertiary/aromatic N) is 3. The summed E-state index contributed by atoms with van der Waals surface area (Å²) in [7, 11) is 0. The second-order valence-electron chi connectivity index (χ2n) is 4.83. The first-order chi connectivity index (χ1) is 9.05. The Hall–Kier alpha value is -1.61. The number of nitrogens with one attached hydrogen (secondary N) is 1. The molecule has 8 nitrogen and oxygen atoms in total. The lowest BCUT2D eigenvalue weighted by Gasteiger charge is -2.24. The van der Waals surface area contributed by atoms with Crippen LogP contribution in [0.25, 0.3) is 11.2 Å². The zero-order valence-corrected chi connectivity index (χ0v) is 10.2. The van der Waals surface area contributed by atoms with Crippen molar-refractivity contribution in [3.05, 3.63) is 18.3 Å². The molecule has 1 aliphatic rings. The summed E-state index contributed by atoms with van der Waals surface area (Å²) in [6, 6.07) is 0. The first-order valence-corrected chi connectivity index (χ1v) is 5.85. The van der Waals surface area contributed by atoms with Gasteiger partial charge in [-0.25, -0.2) is 15.0 Å². The third-order valence-electron chi connectivity index (χ3n) is 3.42. The van der Waals surface area contributed by atoms with Gasteiger partial charge in [0.1, 0.15) is 41.6 Å². The number of rotatable bonds is 2. The van der Waals surface area contributed by atoms with Gasteiger partial charge in [0.05, 0.1) is 12.8 Å². The summed E-state index contributed by atoms with van der Waals surface area (Å²) >= 11 is 0. The molecular weight excluding hydrogens is 252 g/mol. The topological polar surface area (TPSA) is 124 Å². The zero-order valence-electron chi connectivity index (χ0n) is 10.2. The van der Waals surface area contributed by atoms with Gasteiger partial charge in [0.25, 0.3) is 0 Å². The molecule has 0 aliphatic carbocycles. The first-order valence-electron chi connectivity index (χ1n) is 5.85. The maximum atomic E-state index is 10.0. The van der Waals surface area contributed by atoms with Gasteiger partial charge in [-0.05, 0) is 6.92 Å². The molecule has 2 aromatic rings. The average Bonchev–Trinajstić information content (AvgIpc) is 2.94. The van der Waals surface area contributed by atoms with Gasteiger partial charge in [0, 0.05) is 0 Å². The van der Waals surface area contributed by atoms with Crippen molar-refractivity contribution in [2.45, 2.75) is 30.8 Å². The SMILES string of the molecule is C[C@]1(CO)O[C@@H](c2nc3ncncc3[nH]2)[C@H](O)[C@@H]1O. The van der Waals surface area contributed by atoms with Gasteiger partial charge in [-0.15, -0.1) is 0 Å². The van der Waals surface area contributed by atoms with Crippen LogP contribution >= 0.6 is 0 Å². The zero-order chi connectivity index (χ0) is 13.6. The van der Waals surface area contributed by atoms with Crippen molar-refractivity contribution in [3.63, 3.8) is 0 Å². The predicted molar refractivity (Wildman–Crippen MR) is 63.0 cm³/mol. The number of aliphatic hydroxyl groups is 3. The van der Waals surface area contributed by atoms with Crippen LogP contribution < -0.4 is 0 Å². The van der Waals surface area contributed by atoms with Crippen LogP contribution in [0, 0.1) is 0 Å². The third kappa shape index (κ3) is 1.80. The van der Waals surface area contributed by atoms with E-state index in [0.717, 1.165) is 0 Å². The van der Waals surface area contributed by atoms with E-state index in [-0.39, 0.29) is 0 Å². The molecule has 0 aromatic carbocycles. The van der Waals surface area contributed by atoms with Gasteiger partial charge in [0.2, 0.25) is 0 Å². The smallest absolute Gasteiger partial charge is 0.180 e. The lowest BCUT2D eigenvalue weighted by Crippen LogP contribution is -2.43. The number of imidazole rings is 1. The van der Waals surface area contributed by atoms with Crippen LogP contribution in [0.15, 0.2) is 12.5 Å². The van der Waals surface area contributed by atoms with Gasteiger partial charge in [-0.3, -0.25) is 0 Å². The van der Waals surface area contributed by atoms with Crippen LogP contribution in [0.3, 0.4) is 0 Å². The summed E-state index contributed by atoms with van der Waals surface area (Å²) in [6.07, 6.45) is -0.290. The van der Waals surface area contributed by atoms with E-state index in [1.807, 2.05) is 0 Å². The molecule has 0 bridgehead atoms. The normalized spacial score (nSPS) is 35.1. The standard InChI is InChI=1S/C11H14N4O4/c1-11(3-16)8(18)6(17)7(19-11)10-14-5-2-12-4-13-9(5)15-10/h2,4,6-8,16-18H,3H2,1H3,(H,12,13,14,15)/t6-,7+,8-,11+/m0/s1. The summed E-state index contributed by atoms with van der Waals surface area (Å²) < 4.78 is 5.55. The van der Waals surface area contributed by atoms with E-state index in [1.165, 1.54) is 13.3 Å². The minimum atomic E-state index is -1.21. The molecule has 19 heavy (non-hydrogen) atoms. The number of hydrogen-bond donors (Lipinski definition) is 4. The molecule has 4 N–H and O–H groups in total. The van der Waals surface area contributed by atoms with E-state index in [2.05, 4.69) is 19.9 Å². The minimum absolute atomic E-state index is 0.347. The second kappa shape index (κ2) is 4.20.